The van der Waals surface area contributed by atoms with Gasteiger partial charge < -0.3 is 24.7 Å². The van der Waals surface area contributed by atoms with Crippen LogP contribution in [0.15, 0.2) is 30.6 Å². The molecule has 0 saturated carbocycles. The fraction of sp³-hybridized carbons (Fsp3) is 0.444. The maximum absolute atomic E-state index is 12.5. The standard InChI is InChI=1S/C18H23N5O3.ClH/c1-22-6-5-20-18(22)14-10-19-4-7-23(14)11-17(24)21-9-13-2-3-15-16(8-13)26-12-25-15;/h2-3,5-6,8,14,19H,4,7,9-12H2,1H3,(H,21,24);1H. The number of nitrogens with one attached hydrogen (secondary N) is 2. The van der Waals surface area contributed by atoms with Crippen molar-refractivity contribution in [1.82, 2.24) is 25.1 Å². The second-order valence-corrected chi connectivity index (χ2v) is 6.55. The molecule has 4 rings (SSSR count). The molecule has 1 aromatic carbocycles. The van der Waals surface area contributed by atoms with E-state index in [-0.39, 0.29) is 31.1 Å². The maximum Gasteiger partial charge on any atom is 0.234 e. The van der Waals surface area contributed by atoms with Crippen LogP contribution in [0.3, 0.4) is 0 Å². The molecule has 0 bridgehead atoms. The third-order valence-corrected chi connectivity index (χ3v) is 4.78. The number of ether oxygens (including phenoxy) is 2. The number of aryl methyl sites for hydroxylation is 1. The van der Waals surface area contributed by atoms with Crippen LogP contribution in [0.5, 0.6) is 11.5 Å². The summed E-state index contributed by atoms with van der Waals surface area (Å²) in [6.07, 6.45) is 3.73. The molecule has 8 nitrogen and oxygen atoms in total. The Morgan fingerprint density at radius 3 is 3.04 bits per heavy atom. The van der Waals surface area contributed by atoms with E-state index in [1.807, 2.05) is 36.0 Å². The third kappa shape index (κ3) is 4.35. The number of amides is 1. The van der Waals surface area contributed by atoms with Crippen molar-refractivity contribution in [2.45, 2.75) is 12.6 Å². The monoisotopic (exact) mass is 393 g/mol. The lowest BCUT2D eigenvalue weighted by atomic mass is 10.1. The molecule has 1 aromatic heterocycles. The predicted octanol–water partition coefficient (Wildman–Crippen LogP) is 0.833. The molecule has 2 aromatic rings. The minimum absolute atomic E-state index is 0. The first-order valence-electron chi connectivity index (χ1n) is 8.78. The molecular formula is C18H24ClN5O3. The van der Waals surface area contributed by atoms with Crippen molar-refractivity contribution in [2.24, 2.45) is 7.05 Å². The van der Waals surface area contributed by atoms with Crippen LogP contribution in [-0.4, -0.2) is 53.3 Å². The summed E-state index contributed by atoms with van der Waals surface area (Å²) in [5.41, 5.74) is 0.989. The average Bonchev–Trinajstić information content (AvgIpc) is 3.28. The molecule has 27 heavy (non-hydrogen) atoms. The Morgan fingerprint density at radius 2 is 2.22 bits per heavy atom. The van der Waals surface area contributed by atoms with E-state index in [4.69, 9.17) is 9.47 Å². The van der Waals surface area contributed by atoms with Gasteiger partial charge in [-0.2, -0.15) is 0 Å². The van der Waals surface area contributed by atoms with Crippen molar-refractivity contribution in [3.05, 3.63) is 42.0 Å². The lowest BCUT2D eigenvalue weighted by Gasteiger charge is -2.35. The number of benzene rings is 1. The second kappa shape index (κ2) is 8.60. The zero-order valence-corrected chi connectivity index (χ0v) is 16.0. The first kappa shape index (κ1) is 19.5. The second-order valence-electron chi connectivity index (χ2n) is 6.55. The van der Waals surface area contributed by atoms with Crippen molar-refractivity contribution in [3.8, 4) is 11.5 Å². The molecule has 9 heteroatoms. The molecule has 1 atom stereocenters. The van der Waals surface area contributed by atoms with Crippen LogP contribution in [-0.2, 0) is 18.4 Å². The van der Waals surface area contributed by atoms with Crippen LogP contribution in [0.1, 0.15) is 17.4 Å². The molecule has 0 radical (unpaired) electrons. The maximum atomic E-state index is 12.5. The van der Waals surface area contributed by atoms with Gasteiger partial charge in [0, 0.05) is 45.6 Å². The Balaban J connectivity index is 0.00000210. The fourth-order valence-corrected chi connectivity index (χ4v) is 3.38. The molecule has 1 amide bonds. The Morgan fingerprint density at radius 1 is 1.37 bits per heavy atom. The molecule has 0 aliphatic carbocycles. The van der Waals surface area contributed by atoms with Gasteiger partial charge in [-0.15, -0.1) is 12.4 Å². The van der Waals surface area contributed by atoms with E-state index in [1.54, 1.807) is 6.20 Å². The van der Waals surface area contributed by atoms with Crippen LogP contribution in [0.25, 0.3) is 0 Å². The highest BCUT2D eigenvalue weighted by molar-refractivity contribution is 5.85. The largest absolute Gasteiger partial charge is 0.454 e. The summed E-state index contributed by atoms with van der Waals surface area (Å²) < 4.78 is 12.7. The summed E-state index contributed by atoms with van der Waals surface area (Å²) in [6, 6.07) is 5.82. The minimum Gasteiger partial charge on any atom is -0.454 e. The van der Waals surface area contributed by atoms with Gasteiger partial charge in [-0.05, 0) is 17.7 Å². The van der Waals surface area contributed by atoms with Crippen LogP contribution >= 0.6 is 12.4 Å². The normalized spacial score (nSPS) is 18.8. The number of piperazine rings is 1. The Hall–Kier alpha value is -2.29. The lowest BCUT2D eigenvalue weighted by Crippen LogP contribution is -2.50. The predicted molar refractivity (Wildman–Crippen MR) is 102 cm³/mol. The smallest absolute Gasteiger partial charge is 0.234 e. The van der Waals surface area contributed by atoms with E-state index in [9.17, 15) is 4.79 Å². The summed E-state index contributed by atoms with van der Waals surface area (Å²) in [4.78, 5) is 19.1. The molecule has 1 saturated heterocycles. The highest BCUT2D eigenvalue weighted by atomic mass is 35.5. The van der Waals surface area contributed by atoms with E-state index in [2.05, 4.69) is 20.5 Å². The number of carbonyl (C=O) groups is 1. The third-order valence-electron chi connectivity index (χ3n) is 4.78. The summed E-state index contributed by atoms with van der Waals surface area (Å²) in [5, 5.41) is 6.38. The van der Waals surface area contributed by atoms with Crippen LogP contribution in [0.2, 0.25) is 0 Å². The Labute approximate surface area is 164 Å². The van der Waals surface area contributed by atoms with E-state index in [1.165, 1.54) is 0 Å². The molecule has 2 aliphatic heterocycles. The van der Waals surface area contributed by atoms with Gasteiger partial charge in [0.25, 0.3) is 0 Å². The van der Waals surface area contributed by atoms with Gasteiger partial charge >= 0.3 is 0 Å². The fourth-order valence-electron chi connectivity index (χ4n) is 3.38. The minimum atomic E-state index is 0. The van der Waals surface area contributed by atoms with Gasteiger partial charge in [-0.1, -0.05) is 6.07 Å². The SMILES string of the molecule is Cl.Cn1ccnc1C1CNCCN1CC(=O)NCc1ccc2c(c1)OCO2. The first-order valence-corrected chi connectivity index (χ1v) is 8.78. The number of aromatic nitrogens is 2. The van der Waals surface area contributed by atoms with Gasteiger partial charge in [-0.25, -0.2) is 4.98 Å². The number of hydrogen-bond acceptors (Lipinski definition) is 6. The van der Waals surface area contributed by atoms with Crippen molar-refractivity contribution in [3.63, 3.8) is 0 Å². The summed E-state index contributed by atoms with van der Waals surface area (Å²) in [6.45, 7) is 3.55. The van der Waals surface area contributed by atoms with Crippen molar-refractivity contribution < 1.29 is 14.3 Å². The van der Waals surface area contributed by atoms with E-state index >= 15 is 0 Å². The van der Waals surface area contributed by atoms with Crippen LogP contribution in [0, 0.1) is 0 Å². The number of hydrogen-bond donors (Lipinski definition) is 2. The van der Waals surface area contributed by atoms with E-state index in [0.29, 0.717) is 13.1 Å². The van der Waals surface area contributed by atoms with Crippen molar-refractivity contribution in [1.29, 1.82) is 0 Å². The number of halogens is 1. The molecule has 2 N–H and O–H groups in total. The van der Waals surface area contributed by atoms with Gasteiger partial charge in [0.05, 0.1) is 12.6 Å². The molecule has 1 fully saturated rings. The Bertz CT molecular complexity index is 797. The number of fused-ring (bicyclic) bond motifs is 1. The lowest BCUT2D eigenvalue weighted by molar-refractivity contribution is -0.123. The van der Waals surface area contributed by atoms with Gasteiger partial charge in [0.2, 0.25) is 12.7 Å². The zero-order chi connectivity index (χ0) is 17.9. The number of imidazole rings is 1. The van der Waals surface area contributed by atoms with Gasteiger partial charge in [0.1, 0.15) is 5.82 Å². The highest BCUT2D eigenvalue weighted by Gasteiger charge is 2.28. The van der Waals surface area contributed by atoms with Crippen LogP contribution in [0.4, 0.5) is 0 Å². The van der Waals surface area contributed by atoms with Crippen LogP contribution < -0.4 is 20.1 Å². The summed E-state index contributed by atoms with van der Waals surface area (Å²) in [7, 11) is 1.98. The summed E-state index contributed by atoms with van der Waals surface area (Å²) >= 11 is 0. The molecule has 2 aliphatic rings. The zero-order valence-electron chi connectivity index (χ0n) is 15.2. The molecule has 146 valence electrons. The topological polar surface area (TPSA) is 80.7 Å². The number of carbonyl (C=O) groups excluding carboxylic acids is 1. The Kier molecular flexibility index (Phi) is 6.20. The van der Waals surface area contributed by atoms with Gasteiger partial charge in [0.15, 0.2) is 11.5 Å². The summed E-state index contributed by atoms with van der Waals surface area (Å²) in [5.74, 6) is 2.46. The van der Waals surface area contributed by atoms with E-state index in [0.717, 1.165) is 42.5 Å². The molecular weight excluding hydrogens is 370 g/mol. The average molecular weight is 394 g/mol. The van der Waals surface area contributed by atoms with Crippen molar-refractivity contribution in [2.75, 3.05) is 33.0 Å². The van der Waals surface area contributed by atoms with Crippen molar-refractivity contribution >= 4 is 18.3 Å². The van der Waals surface area contributed by atoms with Gasteiger partial charge in [-0.3, -0.25) is 9.69 Å². The molecule has 3 heterocycles. The quantitative estimate of drug-likeness (QED) is 0.783. The molecule has 1 unspecified atom stereocenters. The molecule has 0 spiro atoms. The highest BCUT2D eigenvalue weighted by Crippen LogP contribution is 2.32. The number of rotatable bonds is 5. The number of nitrogens with zero attached hydrogens (tertiary/aromatic N) is 3. The van der Waals surface area contributed by atoms with E-state index < -0.39 is 0 Å². The first-order chi connectivity index (χ1) is 12.7.